The van der Waals surface area contributed by atoms with E-state index in [0.717, 1.165) is 22.8 Å². The van der Waals surface area contributed by atoms with Crippen LogP contribution in [-0.4, -0.2) is 34.0 Å². The lowest BCUT2D eigenvalue weighted by molar-refractivity contribution is 0.181. The van der Waals surface area contributed by atoms with Gasteiger partial charge in [0.15, 0.2) is 5.16 Å². The fourth-order valence-corrected chi connectivity index (χ4v) is 3.16. The van der Waals surface area contributed by atoms with E-state index in [1.165, 1.54) is 0 Å². The lowest BCUT2D eigenvalue weighted by Gasteiger charge is -2.33. The molecule has 2 rings (SSSR count). The summed E-state index contributed by atoms with van der Waals surface area (Å²) in [6.07, 6.45) is 3.62. The van der Waals surface area contributed by atoms with Crippen molar-refractivity contribution in [2.45, 2.75) is 24.5 Å². The molecule has 0 saturated carbocycles. The molecule has 0 aliphatic rings. The topological polar surface area (TPSA) is 58.0 Å². The summed E-state index contributed by atoms with van der Waals surface area (Å²) in [7, 11) is 0. The highest BCUT2D eigenvalue weighted by Crippen LogP contribution is 2.28. The summed E-state index contributed by atoms with van der Waals surface area (Å²) in [6.45, 7) is 4.82. The Labute approximate surface area is 130 Å². The zero-order chi connectivity index (χ0) is 15.1. The van der Waals surface area contributed by atoms with Gasteiger partial charge in [0.2, 0.25) is 0 Å². The minimum atomic E-state index is -0.477. The van der Waals surface area contributed by atoms with Gasteiger partial charge >= 0.3 is 0 Å². The molecule has 4 nitrogen and oxygen atoms in total. The maximum atomic E-state index is 9.97. The van der Waals surface area contributed by atoms with E-state index < -0.39 is 5.54 Å². The van der Waals surface area contributed by atoms with Gasteiger partial charge in [-0.2, -0.15) is 0 Å². The Hall–Kier alpha value is -1.43. The highest BCUT2D eigenvalue weighted by atomic mass is 32.2. The van der Waals surface area contributed by atoms with Crippen molar-refractivity contribution in [2.75, 3.05) is 18.9 Å². The number of hydrogen-bond donors (Lipinski definition) is 2. The fraction of sp³-hybridized carbons (Fsp3) is 0.375. The number of thioether (sulfide) groups is 1. The Morgan fingerprint density at radius 1 is 1.19 bits per heavy atom. The first-order chi connectivity index (χ1) is 10.2. The monoisotopic (exact) mass is 303 g/mol. The molecule has 1 aromatic heterocycles. The van der Waals surface area contributed by atoms with Crippen LogP contribution in [0.2, 0.25) is 0 Å². The molecule has 2 N–H and O–H groups in total. The molecule has 0 radical (unpaired) electrons. The van der Waals surface area contributed by atoms with Gasteiger partial charge in [0, 0.05) is 18.1 Å². The second-order valence-corrected chi connectivity index (χ2v) is 5.91. The van der Waals surface area contributed by atoms with Crippen LogP contribution in [0.25, 0.3) is 0 Å². The van der Waals surface area contributed by atoms with Crippen LogP contribution in [0.15, 0.2) is 47.9 Å². The van der Waals surface area contributed by atoms with Gasteiger partial charge in [-0.3, -0.25) is 0 Å². The van der Waals surface area contributed by atoms with Gasteiger partial charge in [0.1, 0.15) is 0 Å². The number of aliphatic hydroxyl groups excluding tert-OH is 1. The van der Waals surface area contributed by atoms with Crippen molar-refractivity contribution in [1.29, 1.82) is 0 Å². The molecule has 0 amide bonds. The maximum Gasteiger partial charge on any atom is 0.187 e. The Morgan fingerprint density at radius 3 is 2.43 bits per heavy atom. The molecule has 0 saturated heterocycles. The molecule has 112 valence electrons. The molecule has 0 aliphatic carbocycles. The molecule has 1 heterocycles. The zero-order valence-corrected chi connectivity index (χ0v) is 13.2. The Kier molecular flexibility index (Phi) is 5.73. The van der Waals surface area contributed by atoms with Crippen molar-refractivity contribution >= 4 is 11.8 Å². The van der Waals surface area contributed by atoms with Gasteiger partial charge in [-0.15, -0.1) is 0 Å². The first-order valence-corrected chi connectivity index (χ1v) is 8.01. The Balaban J connectivity index is 2.18. The second-order valence-electron chi connectivity index (χ2n) is 4.97. The van der Waals surface area contributed by atoms with E-state index in [-0.39, 0.29) is 6.61 Å². The predicted octanol–water partition coefficient (Wildman–Crippen LogP) is 2.37. The van der Waals surface area contributed by atoms with Crippen LogP contribution in [0.4, 0.5) is 0 Å². The SMILES string of the molecule is CCNC(CO)(CSc1ncc(C)cn1)c1ccccc1. The molecular weight excluding hydrogens is 282 g/mol. The first-order valence-electron chi connectivity index (χ1n) is 7.03. The molecular formula is C16H21N3OS. The van der Waals surface area contributed by atoms with Crippen LogP contribution in [0.3, 0.4) is 0 Å². The molecule has 1 aromatic carbocycles. The fourth-order valence-electron chi connectivity index (χ4n) is 2.17. The minimum absolute atomic E-state index is 0.0315. The standard InChI is InChI=1S/C16H21N3OS/c1-3-19-16(11-20,14-7-5-4-6-8-14)12-21-15-17-9-13(2)10-18-15/h4-10,19-20H,3,11-12H2,1-2H3. The molecule has 0 bridgehead atoms. The summed E-state index contributed by atoms with van der Waals surface area (Å²) in [5, 5.41) is 14.1. The number of likely N-dealkylation sites (N-methyl/N-ethyl adjacent to an activating group) is 1. The second kappa shape index (κ2) is 7.54. The third kappa shape index (κ3) is 4.03. The minimum Gasteiger partial charge on any atom is -0.394 e. The van der Waals surface area contributed by atoms with Gasteiger partial charge in [-0.25, -0.2) is 9.97 Å². The largest absolute Gasteiger partial charge is 0.394 e. The number of rotatable bonds is 7. The molecule has 0 aliphatic heterocycles. The molecule has 2 aromatic rings. The summed E-state index contributed by atoms with van der Waals surface area (Å²) in [4.78, 5) is 8.62. The first kappa shape index (κ1) is 15.9. The number of nitrogens with zero attached hydrogens (tertiary/aromatic N) is 2. The third-order valence-electron chi connectivity index (χ3n) is 3.32. The summed E-state index contributed by atoms with van der Waals surface area (Å²) in [5.41, 5.74) is 1.64. The van der Waals surface area contributed by atoms with Gasteiger partial charge in [-0.05, 0) is 24.6 Å². The maximum absolute atomic E-state index is 9.97. The zero-order valence-electron chi connectivity index (χ0n) is 12.4. The predicted molar refractivity (Wildman–Crippen MR) is 86.4 cm³/mol. The van der Waals surface area contributed by atoms with Crippen molar-refractivity contribution in [3.05, 3.63) is 53.9 Å². The van der Waals surface area contributed by atoms with Crippen molar-refractivity contribution in [3.8, 4) is 0 Å². The van der Waals surface area contributed by atoms with E-state index in [9.17, 15) is 5.11 Å². The van der Waals surface area contributed by atoms with Crippen LogP contribution in [-0.2, 0) is 5.54 Å². The van der Waals surface area contributed by atoms with E-state index >= 15 is 0 Å². The quantitative estimate of drug-likeness (QED) is 0.607. The number of aliphatic hydroxyl groups is 1. The van der Waals surface area contributed by atoms with Crippen molar-refractivity contribution < 1.29 is 5.11 Å². The molecule has 1 atom stereocenters. The van der Waals surface area contributed by atoms with E-state index in [1.54, 1.807) is 11.8 Å². The van der Waals surface area contributed by atoms with Crippen LogP contribution >= 0.6 is 11.8 Å². The highest BCUT2D eigenvalue weighted by Gasteiger charge is 2.31. The summed E-state index contributed by atoms with van der Waals surface area (Å²) in [5.74, 6) is 0.671. The van der Waals surface area contributed by atoms with Crippen LogP contribution in [0.5, 0.6) is 0 Å². The third-order valence-corrected chi connectivity index (χ3v) is 4.42. The van der Waals surface area contributed by atoms with Gasteiger partial charge in [0.05, 0.1) is 12.1 Å². The number of aromatic nitrogens is 2. The summed E-state index contributed by atoms with van der Waals surface area (Å²) in [6, 6.07) is 10.0. The Morgan fingerprint density at radius 2 is 1.86 bits per heavy atom. The normalized spacial score (nSPS) is 13.9. The van der Waals surface area contributed by atoms with Gasteiger partial charge in [0.25, 0.3) is 0 Å². The van der Waals surface area contributed by atoms with Crippen molar-refractivity contribution in [2.24, 2.45) is 0 Å². The van der Waals surface area contributed by atoms with E-state index in [1.807, 2.05) is 56.6 Å². The lowest BCUT2D eigenvalue weighted by Crippen LogP contribution is -2.47. The Bertz CT molecular complexity index is 547. The number of hydrogen-bond acceptors (Lipinski definition) is 5. The van der Waals surface area contributed by atoms with Crippen LogP contribution in [0, 0.1) is 6.92 Å². The average Bonchev–Trinajstić information content (AvgIpc) is 2.54. The van der Waals surface area contributed by atoms with Crippen LogP contribution in [0.1, 0.15) is 18.1 Å². The summed E-state index contributed by atoms with van der Waals surface area (Å²) >= 11 is 1.55. The van der Waals surface area contributed by atoms with E-state index in [0.29, 0.717) is 5.75 Å². The number of aryl methyl sites for hydroxylation is 1. The number of benzene rings is 1. The van der Waals surface area contributed by atoms with E-state index in [2.05, 4.69) is 15.3 Å². The lowest BCUT2D eigenvalue weighted by atomic mass is 9.92. The summed E-state index contributed by atoms with van der Waals surface area (Å²) < 4.78 is 0. The van der Waals surface area contributed by atoms with Crippen molar-refractivity contribution in [1.82, 2.24) is 15.3 Å². The van der Waals surface area contributed by atoms with E-state index in [4.69, 9.17) is 0 Å². The van der Waals surface area contributed by atoms with Crippen LogP contribution < -0.4 is 5.32 Å². The smallest absolute Gasteiger partial charge is 0.187 e. The van der Waals surface area contributed by atoms with Gasteiger partial charge < -0.3 is 10.4 Å². The molecule has 0 spiro atoms. The molecule has 1 unspecified atom stereocenters. The molecule has 21 heavy (non-hydrogen) atoms. The average molecular weight is 303 g/mol. The number of nitrogens with one attached hydrogen (secondary N) is 1. The highest BCUT2D eigenvalue weighted by molar-refractivity contribution is 7.99. The van der Waals surface area contributed by atoms with Crippen molar-refractivity contribution in [3.63, 3.8) is 0 Å². The van der Waals surface area contributed by atoms with Gasteiger partial charge in [-0.1, -0.05) is 49.0 Å². The molecule has 0 fully saturated rings. The molecule has 5 heteroatoms.